The van der Waals surface area contributed by atoms with Crippen LogP contribution in [0.5, 0.6) is 5.75 Å². The monoisotopic (exact) mass is 192 g/mol. The summed E-state index contributed by atoms with van der Waals surface area (Å²) >= 11 is 0. The summed E-state index contributed by atoms with van der Waals surface area (Å²) < 4.78 is 4.78. The number of carbonyl (C=O) groups is 1. The number of rotatable bonds is 3. The normalized spacial score (nSPS) is 9.29. The number of hydrogen-bond acceptors (Lipinski definition) is 4. The Morgan fingerprint density at radius 1 is 1.36 bits per heavy atom. The molecule has 2 N–H and O–H groups in total. The van der Waals surface area contributed by atoms with Crippen LogP contribution in [0.2, 0.25) is 0 Å². The quantitative estimate of drug-likeness (QED) is 0.292. The lowest BCUT2D eigenvalue weighted by atomic mass is 9.80. The first kappa shape index (κ1) is 10.5. The van der Waals surface area contributed by atoms with E-state index >= 15 is 0 Å². The Morgan fingerprint density at radius 2 is 1.93 bits per heavy atom. The van der Waals surface area contributed by atoms with Gasteiger partial charge in [0.1, 0.15) is 5.75 Å². The molecule has 0 heterocycles. The molecule has 0 spiro atoms. The van der Waals surface area contributed by atoms with Gasteiger partial charge >= 0.3 is 13.1 Å². The fraction of sp³-hybridized carbons (Fsp3) is 0. The Labute approximate surface area is 81.6 Å². The van der Waals surface area contributed by atoms with Gasteiger partial charge in [-0.2, -0.15) is 0 Å². The molecule has 0 radical (unpaired) electrons. The zero-order chi connectivity index (χ0) is 10.6. The Kier molecular flexibility index (Phi) is 3.44. The molecular formula is C9H9BO4. The van der Waals surface area contributed by atoms with Crippen molar-refractivity contribution in [3.05, 3.63) is 36.9 Å². The summed E-state index contributed by atoms with van der Waals surface area (Å²) in [6, 6.07) is 5.85. The highest BCUT2D eigenvalue weighted by molar-refractivity contribution is 6.58. The van der Waals surface area contributed by atoms with Crippen LogP contribution in [0.3, 0.4) is 0 Å². The van der Waals surface area contributed by atoms with E-state index in [9.17, 15) is 4.79 Å². The summed E-state index contributed by atoms with van der Waals surface area (Å²) in [5.41, 5.74) is 0.336. The zero-order valence-corrected chi connectivity index (χ0v) is 7.38. The minimum atomic E-state index is -1.51. The van der Waals surface area contributed by atoms with Crippen LogP contribution in [0, 0.1) is 0 Å². The third-order valence-corrected chi connectivity index (χ3v) is 1.56. The molecule has 0 unspecified atom stereocenters. The van der Waals surface area contributed by atoms with Crippen molar-refractivity contribution in [1.29, 1.82) is 0 Å². The second kappa shape index (κ2) is 4.60. The van der Waals surface area contributed by atoms with Crippen LogP contribution < -0.4 is 10.2 Å². The highest BCUT2D eigenvalue weighted by Gasteiger charge is 2.10. The average Bonchev–Trinajstić information content (AvgIpc) is 2.18. The molecule has 0 atom stereocenters. The Hall–Kier alpha value is -1.59. The molecule has 0 saturated carbocycles. The number of benzene rings is 1. The molecule has 0 bridgehead atoms. The maximum atomic E-state index is 10.8. The van der Waals surface area contributed by atoms with E-state index in [0.29, 0.717) is 11.2 Å². The van der Waals surface area contributed by atoms with Crippen LogP contribution in [0.4, 0.5) is 0 Å². The van der Waals surface area contributed by atoms with E-state index < -0.39 is 13.1 Å². The third kappa shape index (κ3) is 2.72. The summed E-state index contributed by atoms with van der Waals surface area (Å²) in [5, 5.41) is 17.5. The summed E-state index contributed by atoms with van der Waals surface area (Å²) in [6.07, 6.45) is 1.05. The van der Waals surface area contributed by atoms with E-state index in [-0.39, 0.29) is 0 Å². The fourth-order valence-electron chi connectivity index (χ4n) is 0.866. The Bertz CT molecular complexity index is 331. The number of carbonyl (C=O) groups excluding carboxylic acids is 1. The molecule has 1 rings (SSSR count). The van der Waals surface area contributed by atoms with Gasteiger partial charge in [0.25, 0.3) is 0 Å². The summed E-state index contributed by atoms with van der Waals surface area (Å²) in [5.74, 6) is -0.221. The van der Waals surface area contributed by atoms with Crippen molar-refractivity contribution in [1.82, 2.24) is 0 Å². The fourth-order valence-corrected chi connectivity index (χ4v) is 0.866. The zero-order valence-electron chi connectivity index (χ0n) is 7.38. The predicted octanol–water partition coefficient (Wildman–Crippen LogP) is -0.542. The molecule has 0 amide bonds. The lowest BCUT2D eigenvalue weighted by Gasteiger charge is -2.02. The first-order valence-corrected chi connectivity index (χ1v) is 3.94. The van der Waals surface area contributed by atoms with E-state index in [1.807, 2.05) is 0 Å². The standard InChI is InChI=1S/C9H9BO4/c1-2-9(11)14-8-5-3-7(4-6-8)10(12)13/h2-6,12-13H,1H2. The molecule has 0 saturated heterocycles. The number of ether oxygens (including phenoxy) is 1. The van der Waals surface area contributed by atoms with Crippen LogP contribution in [0.25, 0.3) is 0 Å². The molecule has 0 fully saturated rings. The van der Waals surface area contributed by atoms with Gasteiger partial charge in [0.05, 0.1) is 0 Å². The molecule has 4 nitrogen and oxygen atoms in total. The second-order valence-corrected chi connectivity index (χ2v) is 2.57. The molecule has 0 aromatic heterocycles. The second-order valence-electron chi connectivity index (χ2n) is 2.57. The molecule has 5 heteroatoms. The lowest BCUT2D eigenvalue weighted by Crippen LogP contribution is -2.29. The van der Waals surface area contributed by atoms with Crippen molar-refractivity contribution in [2.45, 2.75) is 0 Å². The molecule has 1 aromatic carbocycles. The van der Waals surface area contributed by atoms with E-state index in [4.69, 9.17) is 14.8 Å². The Morgan fingerprint density at radius 3 is 2.36 bits per heavy atom. The molecule has 14 heavy (non-hydrogen) atoms. The van der Waals surface area contributed by atoms with Crippen molar-refractivity contribution < 1.29 is 19.6 Å². The van der Waals surface area contributed by atoms with Crippen molar-refractivity contribution in [3.8, 4) is 5.75 Å². The molecule has 0 aliphatic heterocycles. The van der Waals surface area contributed by atoms with Gasteiger partial charge in [-0.1, -0.05) is 18.7 Å². The first-order chi connectivity index (χ1) is 6.63. The van der Waals surface area contributed by atoms with Gasteiger partial charge in [-0.25, -0.2) is 4.79 Å². The highest BCUT2D eigenvalue weighted by atomic mass is 16.5. The average molecular weight is 192 g/mol. The maximum Gasteiger partial charge on any atom is 0.488 e. The van der Waals surface area contributed by atoms with Crippen molar-refractivity contribution >= 4 is 18.6 Å². The van der Waals surface area contributed by atoms with Crippen LogP contribution in [-0.4, -0.2) is 23.1 Å². The van der Waals surface area contributed by atoms with Crippen LogP contribution in [0.15, 0.2) is 36.9 Å². The first-order valence-electron chi connectivity index (χ1n) is 3.94. The lowest BCUT2D eigenvalue weighted by molar-refractivity contribution is -0.128. The maximum absolute atomic E-state index is 10.8. The predicted molar refractivity (Wildman–Crippen MR) is 52.1 cm³/mol. The molecule has 0 aliphatic carbocycles. The molecule has 0 aliphatic rings. The van der Waals surface area contributed by atoms with E-state index in [1.54, 1.807) is 0 Å². The Balaban J connectivity index is 2.73. The van der Waals surface area contributed by atoms with Crippen LogP contribution in [0.1, 0.15) is 0 Å². The van der Waals surface area contributed by atoms with Gasteiger partial charge in [-0.3, -0.25) is 0 Å². The van der Waals surface area contributed by atoms with Gasteiger partial charge in [0.15, 0.2) is 0 Å². The molecule has 72 valence electrons. The van der Waals surface area contributed by atoms with E-state index in [2.05, 4.69) is 6.58 Å². The summed E-state index contributed by atoms with van der Waals surface area (Å²) in [6.45, 7) is 3.25. The van der Waals surface area contributed by atoms with Gasteiger partial charge in [0.2, 0.25) is 0 Å². The van der Waals surface area contributed by atoms with Crippen molar-refractivity contribution in [3.63, 3.8) is 0 Å². The smallest absolute Gasteiger partial charge is 0.423 e. The van der Waals surface area contributed by atoms with Gasteiger partial charge < -0.3 is 14.8 Å². The summed E-state index contributed by atoms with van der Waals surface area (Å²) in [7, 11) is -1.51. The molecular weight excluding hydrogens is 183 g/mol. The molecule has 1 aromatic rings. The van der Waals surface area contributed by atoms with E-state index in [1.165, 1.54) is 24.3 Å². The minimum absolute atomic E-state index is 0.333. The van der Waals surface area contributed by atoms with Crippen LogP contribution >= 0.6 is 0 Å². The number of esters is 1. The largest absolute Gasteiger partial charge is 0.488 e. The van der Waals surface area contributed by atoms with Crippen molar-refractivity contribution in [2.24, 2.45) is 0 Å². The van der Waals surface area contributed by atoms with Crippen molar-refractivity contribution in [2.75, 3.05) is 0 Å². The van der Waals surface area contributed by atoms with Gasteiger partial charge in [0, 0.05) is 6.08 Å². The van der Waals surface area contributed by atoms with Gasteiger partial charge in [-0.05, 0) is 17.6 Å². The SMILES string of the molecule is C=CC(=O)Oc1ccc(B(O)O)cc1. The minimum Gasteiger partial charge on any atom is -0.423 e. The van der Waals surface area contributed by atoms with Crippen LogP contribution in [-0.2, 0) is 4.79 Å². The number of hydrogen-bond donors (Lipinski definition) is 2. The van der Waals surface area contributed by atoms with E-state index in [0.717, 1.165) is 6.08 Å². The third-order valence-electron chi connectivity index (χ3n) is 1.56. The topological polar surface area (TPSA) is 66.8 Å². The highest BCUT2D eigenvalue weighted by Crippen LogP contribution is 2.07. The van der Waals surface area contributed by atoms with Gasteiger partial charge in [-0.15, -0.1) is 0 Å². The summed E-state index contributed by atoms with van der Waals surface area (Å²) in [4.78, 5) is 10.8.